The molecule has 1 heteroatoms. The van der Waals surface area contributed by atoms with E-state index < -0.39 is 0 Å². The van der Waals surface area contributed by atoms with Gasteiger partial charge in [0.1, 0.15) is 0 Å². The summed E-state index contributed by atoms with van der Waals surface area (Å²) >= 11 is 0. The molecule has 0 aliphatic heterocycles. The second kappa shape index (κ2) is 1.10. The van der Waals surface area contributed by atoms with Crippen molar-refractivity contribution in [2.75, 3.05) is 0 Å². The van der Waals surface area contributed by atoms with Crippen LogP contribution in [0.25, 0.3) is 0 Å². The summed E-state index contributed by atoms with van der Waals surface area (Å²) in [7, 11) is 0. The number of fused-ring (bicyclic) bond motifs is 2. The Balaban J connectivity index is 2.58. The minimum absolute atomic E-state index is 0.296. The normalized spacial score (nSPS) is 23.8. The van der Waals surface area contributed by atoms with Gasteiger partial charge in [0.25, 0.3) is 0 Å². The Morgan fingerprint density at radius 3 is 1.75 bits per heavy atom. The molecule has 0 heterocycles. The zero-order valence-electron chi connectivity index (χ0n) is 4.48. The van der Waals surface area contributed by atoms with Gasteiger partial charge in [-0.25, -0.2) is 0 Å². The average molecular weight is 106 g/mol. The third-order valence-electron chi connectivity index (χ3n) is 1.73. The molecule has 2 bridgehead atoms. The van der Waals surface area contributed by atoms with Crippen LogP contribution in [-0.4, -0.2) is 5.78 Å². The molecule has 0 amide bonds. The Kier molecular flexibility index (Phi) is 0.562. The van der Waals surface area contributed by atoms with Crippen LogP contribution in [0.3, 0.4) is 0 Å². The van der Waals surface area contributed by atoms with E-state index >= 15 is 0 Å². The molecule has 0 spiro atoms. The Bertz CT molecular complexity index is 186. The van der Waals surface area contributed by atoms with Crippen LogP contribution in [0.2, 0.25) is 0 Å². The highest BCUT2D eigenvalue weighted by Crippen LogP contribution is 2.30. The second-order valence-electron chi connectivity index (χ2n) is 2.21. The first kappa shape index (κ1) is 4.07. The van der Waals surface area contributed by atoms with Gasteiger partial charge >= 0.3 is 0 Å². The highest BCUT2D eigenvalue weighted by molar-refractivity contribution is 6.13. The number of rotatable bonds is 0. The summed E-state index contributed by atoms with van der Waals surface area (Å²) in [5.74, 6) is 0.296. The number of carbonyl (C=O) groups is 1. The predicted molar refractivity (Wildman–Crippen MR) is 30.4 cm³/mol. The molecular formula is C7H6O. The molecule has 1 saturated carbocycles. The standard InChI is InChI=1S/C7H6O/c8-7-5-1-2-6(7)4-3-5/h1-2H,3-4H2. The van der Waals surface area contributed by atoms with E-state index in [1.54, 1.807) is 0 Å². The number of hydrogen-bond acceptors (Lipinski definition) is 1. The van der Waals surface area contributed by atoms with E-state index in [2.05, 4.69) is 0 Å². The van der Waals surface area contributed by atoms with Crippen LogP contribution in [0.1, 0.15) is 12.8 Å². The lowest BCUT2D eigenvalue weighted by Crippen LogP contribution is -1.87. The van der Waals surface area contributed by atoms with Gasteiger partial charge in [0.2, 0.25) is 0 Å². The van der Waals surface area contributed by atoms with Crippen molar-refractivity contribution < 1.29 is 4.79 Å². The monoisotopic (exact) mass is 106 g/mol. The highest BCUT2D eigenvalue weighted by Gasteiger charge is 2.25. The smallest absolute Gasteiger partial charge is 0.185 e. The van der Waals surface area contributed by atoms with Crippen molar-refractivity contribution in [3.8, 4) is 0 Å². The maximum absolute atomic E-state index is 10.8. The third kappa shape index (κ3) is 0.302. The topological polar surface area (TPSA) is 17.1 Å². The van der Waals surface area contributed by atoms with Crippen LogP contribution in [0, 0.1) is 0 Å². The first-order chi connectivity index (χ1) is 3.88. The van der Waals surface area contributed by atoms with Crippen molar-refractivity contribution in [3.05, 3.63) is 23.3 Å². The summed E-state index contributed by atoms with van der Waals surface area (Å²) in [6, 6.07) is 0. The molecule has 0 aromatic carbocycles. The number of carbonyl (C=O) groups excluding carboxylic acids is 1. The summed E-state index contributed by atoms with van der Waals surface area (Å²) in [5, 5.41) is 0. The average Bonchev–Trinajstić information content (AvgIpc) is 2.29. The number of Topliss-reactive ketones (excluding diaryl/α,β-unsaturated/α-hetero) is 1. The minimum Gasteiger partial charge on any atom is -0.289 e. The lowest BCUT2D eigenvalue weighted by molar-refractivity contribution is -0.111. The molecule has 0 radical (unpaired) electrons. The molecule has 0 saturated heterocycles. The lowest BCUT2D eigenvalue weighted by Gasteiger charge is -1.84. The summed E-state index contributed by atoms with van der Waals surface area (Å²) in [6.07, 6.45) is 5.84. The Morgan fingerprint density at radius 2 is 1.62 bits per heavy atom. The summed E-state index contributed by atoms with van der Waals surface area (Å²) in [5.41, 5.74) is 2.03. The van der Waals surface area contributed by atoms with Crippen molar-refractivity contribution in [3.63, 3.8) is 0 Å². The van der Waals surface area contributed by atoms with Crippen LogP contribution in [-0.2, 0) is 4.79 Å². The van der Waals surface area contributed by atoms with Crippen LogP contribution in [0.5, 0.6) is 0 Å². The van der Waals surface area contributed by atoms with Crippen LogP contribution in [0.4, 0.5) is 0 Å². The Labute approximate surface area is 47.7 Å². The fraction of sp³-hybridized carbons (Fsp3) is 0.286. The van der Waals surface area contributed by atoms with E-state index in [1.165, 1.54) is 0 Å². The van der Waals surface area contributed by atoms with Gasteiger partial charge in [0, 0.05) is 11.1 Å². The summed E-state index contributed by atoms with van der Waals surface area (Å²) < 4.78 is 0. The zero-order chi connectivity index (χ0) is 5.56. The molecule has 40 valence electrons. The molecular weight excluding hydrogens is 100 g/mol. The fourth-order valence-corrected chi connectivity index (χ4v) is 1.22. The molecule has 0 aromatic rings. The second-order valence-corrected chi connectivity index (χ2v) is 2.21. The predicted octanol–water partition coefficient (Wildman–Crippen LogP) is 1.22. The van der Waals surface area contributed by atoms with E-state index in [-0.39, 0.29) is 0 Å². The zero-order valence-corrected chi connectivity index (χ0v) is 4.48. The highest BCUT2D eigenvalue weighted by atomic mass is 16.1. The Morgan fingerprint density at radius 1 is 1.12 bits per heavy atom. The van der Waals surface area contributed by atoms with E-state index in [1.807, 2.05) is 12.2 Å². The van der Waals surface area contributed by atoms with E-state index in [0.29, 0.717) is 5.78 Å². The molecule has 0 N–H and O–H groups in total. The molecule has 0 atom stereocenters. The molecule has 0 aromatic heterocycles. The number of ketones is 1. The molecule has 2 rings (SSSR count). The fourth-order valence-electron chi connectivity index (χ4n) is 1.22. The van der Waals surface area contributed by atoms with Crippen LogP contribution in [0.15, 0.2) is 23.3 Å². The van der Waals surface area contributed by atoms with Crippen molar-refractivity contribution in [2.45, 2.75) is 12.8 Å². The van der Waals surface area contributed by atoms with E-state index in [9.17, 15) is 4.79 Å². The van der Waals surface area contributed by atoms with Gasteiger partial charge in [0.15, 0.2) is 5.78 Å². The quantitative estimate of drug-likeness (QED) is 0.453. The van der Waals surface area contributed by atoms with Gasteiger partial charge < -0.3 is 0 Å². The van der Waals surface area contributed by atoms with Crippen molar-refractivity contribution >= 4 is 5.78 Å². The maximum Gasteiger partial charge on any atom is 0.185 e. The molecule has 0 unspecified atom stereocenters. The first-order valence-corrected chi connectivity index (χ1v) is 2.82. The van der Waals surface area contributed by atoms with Crippen molar-refractivity contribution in [1.29, 1.82) is 0 Å². The summed E-state index contributed by atoms with van der Waals surface area (Å²) in [4.78, 5) is 10.8. The van der Waals surface area contributed by atoms with Gasteiger partial charge in [0.05, 0.1) is 0 Å². The minimum atomic E-state index is 0.296. The van der Waals surface area contributed by atoms with Crippen molar-refractivity contribution in [2.24, 2.45) is 0 Å². The maximum atomic E-state index is 10.8. The largest absolute Gasteiger partial charge is 0.289 e. The number of allylic oxidation sites excluding steroid dienone is 4. The number of hydrogen-bond donors (Lipinski definition) is 0. The molecule has 1 fully saturated rings. The van der Waals surface area contributed by atoms with Gasteiger partial charge in [-0.15, -0.1) is 0 Å². The first-order valence-electron chi connectivity index (χ1n) is 2.82. The van der Waals surface area contributed by atoms with Crippen LogP contribution < -0.4 is 0 Å². The van der Waals surface area contributed by atoms with Crippen LogP contribution >= 0.6 is 0 Å². The molecule has 8 heavy (non-hydrogen) atoms. The van der Waals surface area contributed by atoms with Gasteiger partial charge in [-0.3, -0.25) is 4.79 Å². The molecule has 2 aliphatic rings. The third-order valence-corrected chi connectivity index (χ3v) is 1.73. The Hall–Kier alpha value is -0.850. The SMILES string of the molecule is O=C1C2=CC=C1CC2. The van der Waals surface area contributed by atoms with E-state index in [0.717, 1.165) is 24.0 Å². The molecule has 1 nitrogen and oxygen atoms in total. The van der Waals surface area contributed by atoms with Crippen molar-refractivity contribution in [1.82, 2.24) is 0 Å². The summed E-state index contributed by atoms with van der Waals surface area (Å²) in [6.45, 7) is 0. The van der Waals surface area contributed by atoms with Gasteiger partial charge in [-0.2, -0.15) is 0 Å². The molecule has 2 aliphatic carbocycles. The van der Waals surface area contributed by atoms with Gasteiger partial charge in [-0.05, 0) is 12.8 Å². The van der Waals surface area contributed by atoms with Gasteiger partial charge in [-0.1, -0.05) is 12.2 Å². The van der Waals surface area contributed by atoms with E-state index in [4.69, 9.17) is 0 Å². The lowest BCUT2D eigenvalue weighted by atomic mass is 10.2.